The molecule has 0 unspecified atom stereocenters. The van der Waals surface area contributed by atoms with Gasteiger partial charge in [0.2, 0.25) is 0 Å². The molecule has 0 aromatic carbocycles. The minimum Gasteiger partial charge on any atom is -0.462 e. The Balaban J connectivity index is 4.22. The van der Waals surface area contributed by atoms with Crippen molar-refractivity contribution in [2.24, 2.45) is 5.92 Å². The van der Waals surface area contributed by atoms with Crippen molar-refractivity contribution in [3.05, 3.63) is 0 Å². The van der Waals surface area contributed by atoms with Gasteiger partial charge in [0.25, 0.3) is 0 Å². The maximum atomic E-state index is 12.8. The summed E-state index contributed by atoms with van der Waals surface area (Å²) in [5.41, 5.74) is 0. The van der Waals surface area contributed by atoms with E-state index in [9.17, 15) is 14.4 Å². The monoisotopic (exact) mass is 877 g/mol. The van der Waals surface area contributed by atoms with E-state index in [2.05, 4.69) is 27.7 Å². The summed E-state index contributed by atoms with van der Waals surface area (Å²) in [5.74, 6) is 0.0108. The summed E-state index contributed by atoms with van der Waals surface area (Å²) in [6.07, 6.45) is 53.8. The van der Waals surface area contributed by atoms with Crippen molar-refractivity contribution in [3.8, 4) is 0 Å². The van der Waals surface area contributed by atoms with Gasteiger partial charge in [-0.25, -0.2) is 0 Å². The second kappa shape index (κ2) is 50.4. The number of carbonyl (C=O) groups is 3. The molecule has 0 aromatic heterocycles. The van der Waals surface area contributed by atoms with Crippen LogP contribution in [0.1, 0.15) is 317 Å². The Morgan fingerprint density at radius 1 is 0.306 bits per heavy atom. The standard InChI is InChI=1S/C56H108O6/c1-5-7-9-11-13-15-16-17-18-22-25-28-32-36-40-44-48-55(58)61-51-53(50-60-54(57)47-43-39-35-30-14-12-10-8-6-2)62-56(59)49-45-41-37-33-29-26-23-20-19-21-24-27-31-34-38-42-46-52(3)4/h52-53H,5-51H2,1-4H3/t53-/m0/s1. The zero-order valence-corrected chi connectivity index (χ0v) is 42.3. The molecule has 0 aromatic rings. The highest BCUT2D eigenvalue weighted by molar-refractivity contribution is 5.71. The summed E-state index contributed by atoms with van der Waals surface area (Å²) in [4.78, 5) is 38.0. The van der Waals surface area contributed by atoms with Crippen LogP contribution in [0.5, 0.6) is 0 Å². The molecule has 0 radical (unpaired) electrons. The van der Waals surface area contributed by atoms with Gasteiger partial charge < -0.3 is 14.2 Å². The molecule has 0 saturated carbocycles. The van der Waals surface area contributed by atoms with E-state index >= 15 is 0 Å². The van der Waals surface area contributed by atoms with E-state index in [0.29, 0.717) is 19.3 Å². The van der Waals surface area contributed by atoms with Crippen LogP contribution in [-0.2, 0) is 28.6 Å². The third kappa shape index (κ3) is 49.4. The van der Waals surface area contributed by atoms with Gasteiger partial charge in [-0.15, -0.1) is 0 Å². The molecule has 0 saturated heterocycles. The maximum absolute atomic E-state index is 12.8. The van der Waals surface area contributed by atoms with E-state index in [4.69, 9.17) is 14.2 Å². The predicted molar refractivity (Wildman–Crippen MR) is 266 cm³/mol. The molecule has 0 bridgehead atoms. The lowest BCUT2D eigenvalue weighted by Crippen LogP contribution is -2.30. The summed E-state index contributed by atoms with van der Waals surface area (Å²) in [7, 11) is 0. The van der Waals surface area contributed by atoms with Gasteiger partial charge in [-0.3, -0.25) is 14.4 Å². The van der Waals surface area contributed by atoms with Crippen molar-refractivity contribution in [3.63, 3.8) is 0 Å². The molecule has 0 rings (SSSR count). The van der Waals surface area contributed by atoms with E-state index in [1.165, 1.54) is 212 Å². The largest absolute Gasteiger partial charge is 0.462 e. The summed E-state index contributed by atoms with van der Waals surface area (Å²) >= 11 is 0. The first-order chi connectivity index (χ1) is 30.4. The summed E-state index contributed by atoms with van der Waals surface area (Å²) < 4.78 is 16.8. The Bertz CT molecular complexity index is 933. The number of rotatable bonds is 51. The van der Waals surface area contributed by atoms with Crippen LogP contribution >= 0.6 is 0 Å². The quantitative estimate of drug-likeness (QED) is 0.0344. The lowest BCUT2D eigenvalue weighted by Gasteiger charge is -2.18. The Morgan fingerprint density at radius 2 is 0.532 bits per heavy atom. The van der Waals surface area contributed by atoms with Crippen LogP contribution in [-0.4, -0.2) is 37.2 Å². The maximum Gasteiger partial charge on any atom is 0.306 e. The first-order valence-electron chi connectivity index (χ1n) is 27.9. The zero-order chi connectivity index (χ0) is 45.2. The van der Waals surface area contributed by atoms with Gasteiger partial charge in [0, 0.05) is 19.3 Å². The third-order valence-electron chi connectivity index (χ3n) is 12.8. The van der Waals surface area contributed by atoms with E-state index in [0.717, 1.165) is 63.7 Å². The van der Waals surface area contributed by atoms with Crippen molar-refractivity contribution < 1.29 is 28.6 Å². The van der Waals surface area contributed by atoms with Crippen LogP contribution in [0.2, 0.25) is 0 Å². The molecule has 6 heteroatoms. The van der Waals surface area contributed by atoms with Crippen LogP contribution < -0.4 is 0 Å². The Labute approximate surface area is 387 Å². The van der Waals surface area contributed by atoms with Gasteiger partial charge >= 0.3 is 17.9 Å². The second-order valence-electron chi connectivity index (χ2n) is 19.7. The molecular weight excluding hydrogens is 769 g/mol. The van der Waals surface area contributed by atoms with Crippen molar-refractivity contribution in [1.29, 1.82) is 0 Å². The third-order valence-corrected chi connectivity index (χ3v) is 12.8. The van der Waals surface area contributed by atoms with E-state index in [1.54, 1.807) is 0 Å². The zero-order valence-electron chi connectivity index (χ0n) is 42.3. The molecule has 62 heavy (non-hydrogen) atoms. The summed E-state index contributed by atoms with van der Waals surface area (Å²) in [6, 6.07) is 0. The Morgan fingerprint density at radius 3 is 0.790 bits per heavy atom. The van der Waals surface area contributed by atoms with Gasteiger partial charge in [-0.1, -0.05) is 278 Å². The molecular formula is C56H108O6. The molecule has 0 aliphatic carbocycles. The normalized spacial score (nSPS) is 12.0. The first-order valence-corrected chi connectivity index (χ1v) is 27.9. The Hall–Kier alpha value is -1.59. The number of esters is 3. The molecule has 6 nitrogen and oxygen atoms in total. The second-order valence-corrected chi connectivity index (χ2v) is 19.7. The molecule has 0 N–H and O–H groups in total. The fourth-order valence-electron chi connectivity index (χ4n) is 8.57. The molecule has 0 aliphatic rings. The Kier molecular flexibility index (Phi) is 49.1. The van der Waals surface area contributed by atoms with Crippen LogP contribution in [0, 0.1) is 5.92 Å². The van der Waals surface area contributed by atoms with E-state index < -0.39 is 6.10 Å². The van der Waals surface area contributed by atoms with Gasteiger partial charge in [0.05, 0.1) is 0 Å². The van der Waals surface area contributed by atoms with Crippen molar-refractivity contribution in [1.82, 2.24) is 0 Å². The number of hydrogen-bond acceptors (Lipinski definition) is 6. The van der Waals surface area contributed by atoms with E-state index in [1.807, 2.05) is 0 Å². The lowest BCUT2D eigenvalue weighted by molar-refractivity contribution is -0.167. The molecule has 0 fully saturated rings. The number of hydrogen-bond donors (Lipinski definition) is 0. The lowest BCUT2D eigenvalue weighted by atomic mass is 10.0. The molecule has 0 aliphatic heterocycles. The van der Waals surface area contributed by atoms with Crippen molar-refractivity contribution in [2.75, 3.05) is 13.2 Å². The van der Waals surface area contributed by atoms with Crippen molar-refractivity contribution >= 4 is 17.9 Å². The topological polar surface area (TPSA) is 78.9 Å². The van der Waals surface area contributed by atoms with Crippen LogP contribution in [0.4, 0.5) is 0 Å². The first kappa shape index (κ1) is 60.4. The molecule has 1 atom stereocenters. The fourth-order valence-corrected chi connectivity index (χ4v) is 8.57. The SMILES string of the molecule is CCCCCCCCCCCCCCCCCCC(=O)OC[C@H](COC(=O)CCCCCCCCCCC)OC(=O)CCCCCCCCCCCCCCCCCCC(C)C. The van der Waals surface area contributed by atoms with Gasteiger partial charge in [-0.05, 0) is 25.2 Å². The fraction of sp³-hybridized carbons (Fsp3) is 0.946. The average molecular weight is 877 g/mol. The number of ether oxygens (including phenoxy) is 3. The minimum atomic E-state index is -0.760. The van der Waals surface area contributed by atoms with E-state index in [-0.39, 0.29) is 31.1 Å². The molecule has 0 heterocycles. The minimum absolute atomic E-state index is 0.0622. The molecule has 368 valence electrons. The van der Waals surface area contributed by atoms with Gasteiger partial charge in [-0.2, -0.15) is 0 Å². The highest BCUT2D eigenvalue weighted by Crippen LogP contribution is 2.18. The summed E-state index contributed by atoms with van der Waals surface area (Å²) in [5, 5.41) is 0. The number of carbonyl (C=O) groups excluding carboxylic acids is 3. The smallest absolute Gasteiger partial charge is 0.306 e. The highest BCUT2D eigenvalue weighted by atomic mass is 16.6. The highest BCUT2D eigenvalue weighted by Gasteiger charge is 2.19. The summed E-state index contributed by atoms with van der Waals surface area (Å²) in [6.45, 7) is 9.04. The van der Waals surface area contributed by atoms with Crippen LogP contribution in [0.25, 0.3) is 0 Å². The van der Waals surface area contributed by atoms with Gasteiger partial charge in [0.15, 0.2) is 6.10 Å². The number of unbranched alkanes of at least 4 members (excludes halogenated alkanes) is 38. The average Bonchev–Trinajstić information content (AvgIpc) is 3.26. The van der Waals surface area contributed by atoms with Crippen LogP contribution in [0.3, 0.4) is 0 Å². The predicted octanol–water partition coefficient (Wildman–Crippen LogP) is 18.2. The molecule has 0 amide bonds. The van der Waals surface area contributed by atoms with Crippen molar-refractivity contribution in [2.45, 2.75) is 323 Å². The van der Waals surface area contributed by atoms with Crippen LogP contribution in [0.15, 0.2) is 0 Å². The van der Waals surface area contributed by atoms with Gasteiger partial charge in [0.1, 0.15) is 13.2 Å². The molecule has 0 spiro atoms.